The Labute approximate surface area is 275 Å². The molecular weight excluding hydrogens is 655 g/mol. The number of benzene rings is 3. The number of fused-ring (bicyclic) bond motifs is 9. The maximum atomic E-state index is 4.35. The minimum absolute atomic E-state index is 0. The zero-order chi connectivity index (χ0) is 28.1. The minimum atomic E-state index is 0. The van der Waals surface area contributed by atoms with Crippen LogP contribution < -0.4 is 0 Å². The standard InChI is InChI=1S/3C12H8N2.La/c3*1-3-9-5-6-10-4-2-8-14-12(10)11(9)13-7-1;/h3*1-8H;/q;;;+3. The van der Waals surface area contributed by atoms with Crippen LogP contribution in [0.5, 0.6) is 0 Å². The summed E-state index contributed by atoms with van der Waals surface area (Å²) in [6.07, 6.45) is 10.8. The predicted octanol–water partition coefficient (Wildman–Crippen LogP) is 8.35. The van der Waals surface area contributed by atoms with Crippen molar-refractivity contribution in [3.8, 4) is 0 Å². The Kier molecular flexibility index (Phi) is 8.66. The summed E-state index contributed by atoms with van der Waals surface area (Å²) in [6, 6.07) is 36.4. The van der Waals surface area contributed by atoms with Gasteiger partial charge in [-0.3, -0.25) is 29.9 Å². The Bertz CT molecular complexity index is 1910. The Balaban J connectivity index is 0.000000113. The van der Waals surface area contributed by atoms with Gasteiger partial charge in [-0.2, -0.15) is 0 Å². The zero-order valence-corrected chi connectivity index (χ0v) is 26.7. The van der Waals surface area contributed by atoms with Crippen molar-refractivity contribution < 1.29 is 35.6 Å². The van der Waals surface area contributed by atoms with Gasteiger partial charge >= 0.3 is 35.6 Å². The molecule has 198 valence electrons. The normalized spacial score (nSPS) is 10.6. The summed E-state index contributed by atoms with van der Waals surface area (Å²) in [5.41, 5.74) is 5.86. The van der Waals surface area contributed by atoms with E-state index < -0.39 is 0 Å². The molecule has 0 atom stereocenters. The van der Waals surface area contributed by atoms with Gasteiger partial charge in [-0.05, 0) is 36.4 Å². The van der Waals surface area contributed by atoms with Crippen molar-refractivity contribution in [1.29, 1.82) is 0 Å². The van der Waals surface area contributed by atoms with Gasteiger partial charge in [-0.1, -0.05) is 72.8 Å². The van der Waals surface area contributed by atoms with Crippen LogP contribution in [0.15, 0.2) is 146 Å². The molecule has 9 aromatic rings. The van der Waals surface area contributed by atoms with E-state index in [-0.39, 0.29) is 35.6 Å². The molecule has 0 radical (unpaired) electrons. The molecule has 6 nitrogen and oxygen atoms in total. The van der Waals surface area contributed by atoms with Crippen LogP contribution in [0.3, 0.4) is 0 Å². The van der Waals surface area contributed by atoms with Crippen molar-refractivity contribution in [2.45, 2.75) is 0 Å². The van der Waals surface area contributed by atoms with Crippen molar-refractivity contribution in [3.63, 3.8) is 0 Å². The van der Waals surface area contributed by atoms with Crippen LogP contribution in [0.1, 0.15) is 0 Å². The molecule has 0 aliphatic rings. The molecule has 0 saturated heterocycles. The third-order valence-corrected chi connectivity index (χ3v) is 7.03. The summed E-state index contributed by atoms with van der Waals surface area (Å²) in [5, 5.41) is 6.83. The van der Waals surface area contributed by atoms with Crippen LogP contribution in [0.25, 0.3) is 65.4 Å². The molecule has 0 bridgehead atoms. The zero-order valence-electron chi connectivity index (χ0n) is 23.1. The molecule has 0 aliphatic carbocycles. The van der Waals surface area contributed by atoms with E-state index in [4.69, 9.17) is 0 Å². The van der Waals surface area contributed by atoms with Crippen LogP contribution in [-0.4, -0.2) is 29.9 Å². The maximum absolute atomic E-state index is 4.35. The molecule has 7 heteroatoms. The quantitative estimate of drug-likeness (QED) is 0.150. The average Bonchev–Trinajstić information content (AvgIpc) is 3.09. The van der Waals surface area contributed by atoms with Gasteiger partial charge in [-0.15, -0.1) is 0 Å². The molecule has 0 fully saturated rings. The molecule has 0 N–H and O–H groups in total. The van der Waals surface area contributed by atoms with E-state index >= 15 is 0 Å². The molecule has 6 aromatic heterocycles. The summed E-state index contributed by atoms with van der Waals surface area (Å²) >= 11 is 0. The molecule has 0 unspecified atom stereocenters. The van der Waals surface area contributed by atoms with Gasteiger partial charge in [0.1, 0.15) is 0 Å². The van der Waals surface area contributed by atoms with Gasteiger partial charge in [-0.25, -0.2) is 0 Å². The first-order chi connectivity index (χ1) is 20.8. The minimum Gasteiger partial charge on any atom is -0.254 e. The SMILES string of the molecule is [La+3].c1cnc2c(c1)ccc1cccnc12.c1cnc2c(c1)ccc1cccnc12.c1cnc2c(c1)ccc1cccnc12. The van der Waals surface area contributed by atoms with E-state index in [1.807, 2.05) is 36.4 Å². The first-order valence-corrected chi connectivity index (χ1v) is 13.6. The molecule has 43 heavy (non-hydrogen) atoms. The fourth-order valence-electron chi connectivity index (χ4n) is 5.04. The number of nitrogens with zero attached hydrogens (tertiary/aromatic N) is 6. The number of pyridine rings is 6. The summed E-state index contributed by atoms with van der Waals surface area (Å²) in [5.74, 6) is 0. The van der Waals surface area contributed by atoms with E-state index in [0.717, 1.165) is 65.4 Å². The first-order valence-electron chi connectivity index (χ1n) is 13.6. The number of hydrogen-bond acceptors (Lipinski definition) is 6. The van der Waals surface area contributed by atoms with Gasteiger partial charge in [0.15, 0.2) is 0 Å². The Morgan fingerprint density at radius 2 is 0.395 bits per heavy atom. The van der Waals surface area contributed by atoms with Crippen LogP contribution in [-0.2, 0) is 0 Å². The average molecular weight is 680 g/mol. The van der Waals surface area contributed by atoms with E-state index in [1.165, 1.54) is 0 Å². The van der Waals surface area contributed by atoms with Gasteiger partial charge < -0.3 is 0 Å². The molecule has 6 heterocycles. The Hall–Kier alpha value is -4.69. The maximum Gasteiger partial charge on any atom is 3.00 e. The van der Waals surface area contributed by atoms with Crippen molar-refractivity contribution in [2.75, 3.05) is 0 Å². The summed E-state index contributed by atoms with van der Waals surface area (Å²) in [7, 11) is 0. The van der Waals surface area contributed by atoms with E-state index in [1.54, 1.807) is 37.2 Å². The number of hydrogen-bond donors (Lipinski definition) is 0. The molecule has 0 spiro atoms. The monoisotopic (exact) mass is 679 g/mol. The molecule has 0 aliphatic heterocycles. The van der Waals surface area contributed by atoms with Crippen LogP contribution in [0.4, 0.5) is 0 Å². The van der Waals surface area contributed by atoms with Crippen molar-refractivity contribution in [3.05, 3.63) is 146 Å². The largest absolute Gasteiger partial charge is 3.00 e. The van der Waals surface area contributed by atoms with Gasteiger partial charge in [0.05, 0.1) is 33.1 Å². The number of rotatable bonds is 0. The topological polar surface area (TPSA) is 77.3 Å². The van der Waals surface area contributed by atoms with Gasteiger partial charge in [0.2, 0.25) is 0 Å². The fraction of sp³-hybridized carbons (Fsp3) is 0. The summed E-state index contributed by atoms with van der Waals surface area (Å²) in [4.78, 5) is 26.1. The fourth-order valence-corrected chi connectivity index (χ4v) is 5.04. The van der Waals surface area contributed by atoms with Crippen molar-refractivity contribution in [2.24, 2.45) is 0 Å². The molecular formula is C36H24LaN6+3. The van der Waals surface area contributed by atoms with Crippen LogP contribution >= 0.6 is 0 Å². The van der Waals surface area contributed by atoms with Crippen molar-refractivity contribution >= 4 is 65.4 Å². The summed E-state index contributed by atoms with van der Waals surface area (Å²) < 4.78 is 0. The van der Waals surface area contributed by atoms with E-state index in [9.17, 15) is 0 Å². The van der Waals surface area contributed by atoms with Gasteiger partial charge in [0.25, 0.3) is 0 Å². The summed E-state index contributed by atoms with van der Waals surface area (Å²) in [6.45, 7) is 0. The predicted molar refractivity (Wildman–Crippen MR) is 171 cm³/mol. The second kappa shape index (κ2) is 13.1. The Morgan fingerprint density at radius 1 is 0.233 bits per heavy atom. The molecule has 3 aromatic carbocycles. The second-order valence-corrected chi connectivity index (χ2v) is 9.65. The molecule has 9 rings (SSSR count). The molecule has 0 amide bonds. The molecule has 0 saturated carbocycles. The first kappa shape index (κ1) is 28.4. The van der Waals surface area contributed by atoms with E-state index in [0.29, 0.717) is 0 Å². The van der Waals surface area contributed by atoms with Gasteiger partial charge in [0, 0.05) is 69.5 Å². The second-order valence-electron chi connectivity index (χ2n) is 9.65. The van der Waals surface area contributed by atoms with Crippen LogP contribution in [0.2, 0.25) is 0 Å². The third kappa shape index (κ3) is 5.97. The van der Waals surface area contributed by atoms with Crippen molar-refractivity contribution in [1.82, 2.24) is 29.9 Å². The third-order valence-electron chi connectivity index (χ3n) is 7.03. The number of aromatic nitrogens is 6. The Morgan fingerprint density at radius 3 is 0.558 bits per heavy atom. The van der Waals surface area contributed by atoms with Crippen LogP contribution in [0, 0.1) is 35.6 Å². The van der Waals surface area contributed by atoms with E-state index in [2.05, 4.69) is 103 Å². The smallest absolute Gasteiger partial charge is 0.254 e.